The third-order valence-corrected chi connectivity index (χ3v) is 3.88. The molecule has 2 bridgehead atoms. The molecular formula is C13H22N4O3. The van der Waals surface area contributed by atoms with E-state index < -0.39 is 11.2 Å². The molecule has 0 aromatic rings. The molecule has 0 radical (unpaired) electrons. The number of hydrogen-bond donors (Lipinski definition) is 1. The molecule has 2 heterocycles. The molecule has 7 nitrogen and oxygen atoms in total. The van der Waals surface area contributed by atoms with Crippen LogP contribution in [0, 0.1) is 0 Å². The Balaban J connectivity index is 2.07. The van der Waals surface area contributed by atoms with E-state index in [0.29, 0.717) is 12.8 Å². The lowest BCUT2D eigenvalue weighted by molar-refractivity contribution is -0.0531. The number of azide groups is 1. The lowest BCUT2D eigenvalue weighted by atomic mass is 9.86. The lowest BCUT2D eigenvalue weighted by Crippen LogP contribution is -2.55. The van der Waals surface area contributed by atoms with Crippen molar-refractivity contribution in [3.63, 3.8) is 0 Å². The zero-order valence-corrected chi connectivity index (χ0v) is 12.2. The Morgan fingerprint density at radius 1 is 1.45 bits per heavy atom. The number of piperidine rings is 1. The Bertz CT molecular complexity index is 425. The molecule has 2 atom stereocenters. The van der Waals surface area contributed by atoms with Gasteiger partial charge in [0.2, 0.25) is 0 Å². The molecule has 2 aliphatic rings. The summed E-state index contributed by atoms with van der Waals surface area (Å²) in [5, 5.41) is 14.0. The zero-order chi connectivity index (χ0) is 15.0. The minimum Gasteiger partial charge on any atom is -0.444 e. The van der Waals surface area contributed by atoms with Crippen LogP contribution in [-0.2, 0) is 4.74 Å². The van der Waals surface area contributed by atoms with Crippen LogP contribution in [0.2, 0.25) is 0 Å². The summed E-state index contributed by atoms with van der Waals surface area (Å²) in [4.78, 5) is 16.7. The molecular weight excluding hydrogens is 260 g/mol. The van der Waals surface area contributed by atoms with Gasteiger partial charge >= 0.3 is 6.09 Å². The molecule has 20 heavy (non-hydrogen) atoms. The minimum absolute atomic E-state index is 0.0255. The topological polar surface area (TPSA) is 98.5 Å². The summed E-state index contributed by atoms with van der Waals surface area (Å²) < 4.78 is 5.43. The third kappa shape index (κ3) is 3.16. The van der Waals surface area contributed by atoms with Gasteiger partial charge in [0.25, 0.3) is 0 Å². The van der Waals surface area contributed by atoms with E-state index >= 15 is 0 Å². The lowest BCUT2D eigenvalue weighted by Gasteiger charge is -2.43. The number of aliphatic hydroxyl groups is 1. The van der Waals surface area contributed by atoms with Crippen LogP contribution in [-0.4, -0.2) is 45.9 Å². The molecule has 112 valence electrons. The highest BCUT2D eigenvalue weighted by Gasteiger charge is 2.50. The smallest absolute Gasteiger partial charge is 0.410 e. The second kappa shape index (κ2) is 5.14. The summed E-state index contributed by atoms with van der Waals surface area (Å²) in [7, 11) is 0. The van der Waals surface area contributed by atoms with Crippen molar-refractivity contribution in [2.45, 2.75) is 69.7 Å². The Morgan fingerprint density at radius 2 is 2.00 bits per heavy atom. The van der Waals surface area contributed by atoms with E-state index in [1.54, 1.807) is 4.90 Å². The maximum absolute atomic E-state index is 12.2. The third-order valence-electron chi connectivity index (χ3n) is 3.88. The van der Waals surface area contributed by atoms with Crippen LogP contribution < -0.4 is 0 Å². The van der Waals surface area contributed by atoms with Crippen molar-refractivity contribution in [1.29, 1.82) is 0 Å². The predicted molar refractivity (Wildman–Crippen MR) is 73.1 cm³/mol. The van der Waals surface area contributed by atoms with Gasteiger partial charge in [-0.05, 0) is 52.0 Å². The maximum Gasteiger partial charge on any atom is 0.410 e. The highest BCUT2D eigenvalue weighted by molar-refractivity contribution is 5.69. The second-order valence-corrected chi connectivity index (χ2v) is 6.79. The van der Waals surface area contributed by atoms with Crippen molar-refractivity contribution < 1.29 is 14.6 Å². The first-order chi connectivity index (χ1) is 9.24. The molecule has 2 saturated heterocycles. The average Bonchev–Trinajstić information content (AvgIpc) is 2.58. The van der Waals surface area contributed by atoms with Gasteiger partial charge in [-0.15, -0.1) is 0 Å². The molecule has 0 aromatic carbocycles. The molecule has 2 unspecified atom stereocenters. The molecule has 0 aliphatic carbocycles. The number of rotatable bonds is 2. The fourth-order valence-corrected chi connectivity index (χ4v) is 3.23. The standard InChI is InChI=1S/C13H22N4O3/c1-12(2,3)20-11(18)17-9-4-5-10(17)7-13(19,6-9)8-15-16-14/h9-10,19H,4-8H2,1-3H3. The van der Waals surface area contributed by atoms with Gasteiger partial charge in [-0.1, -0.05) is 5.11 Å². The van der Waals surface area contributed by atoms with Crippen LogP contribution in [0.15, 0.2) is 5.11 Å². The SMILES string of the molecule is CC(C)(C)OC(=O)N1C2CCC1CC(O)(CN=[N+]=[N-])C2. The van der Waals surface area contributed by atoms with Crippen molar-refractivity contribution in [3.05, 3.63) is 10.4 Å². The normalized spacial score (nSPS) is 32.7. The highest BCUT2D eigenvalue weighted by Crippen LogP contribution is 2.41. The minimum atomic E-state index is -0.990. The number of hydrogen-bond acceptors (Lipinski definition) is 4. The van der Waals surface area contributed by atoms with Gasteiger partial charge in [0.1, 0.15) is 5.60 Å². The van der Waals surface area contributed by atoms with Crippen LogP contribution in [0.25, 0.3) is 10.4 Å². The Kier molecular flexibility index (Phi) is 3.84. The van der Waals surface area contributed by atoms with Crippen LogP contribution >= 0.6 is 0 Å². The quantitative estimate of drug-likeness (QED) is 0.478. The number of fused-ring (bicyclic) bond motifs is 2. The van der Waals surface area contributed by atoms with Gasteiger partial charge in [-0.2, -0.15) is 0 Å². The number of carbonyl (C=O) groups excluding carboxylic acids is 1. The van der Waals surface area contributed by atoms with Crippen molar-refractivity contribution in [1.82, 2.24) is 4.90 Å². The van der Waals surface area contributed by atoms with Gasteiger partial charge in [0, 0.05) is 17.0 Å². The van der Waals surface area contributed by atoms with Gasteiger partial charge < -0.3 is 14.7 Å². The molecule has 2 aliphatic heterocycles. The zero-order valence-electron chi connectivity index (χ0n) is 12.2. The summed E-state index contributed by atoms with van der Waals surface area (Å²) in [5.41, 5.74) is 6.88. The molecule has 7 heteroatoms. The largest absolute Gasteiger partial charge is 0.444 e. The Labute approximate surface area is 118 Å². The molecule has 2 fully saturated rings. The molecule has 2 rings (SSSR count). The van der Waals surface area contributed by atoms with Gasteiger partial charge in [-0.25, -0.2) is 4.79 Å². The fraction of sp³-hybridized carbons (Fsp3) is 0.923. The molecule has 1 N–H and O–H groups in total. The molecule has 0 saturated carbocycles. The van der Waals surface area contributed by atoms with Crippen LogP contribution in [0.4, 0.5) is 4.79 Å². The van der Waals surface area contributed by atoms with Crippen LogP contribution in [0.1, 0.15) is 46.5 Å². The molecule has 0 spiro atoms. The van der Waals surface area contributed by atoms with Crippen LogP contribution in [0.3, 0.4) is 0 Å². The van der Waals surface area contributed by atoms with Gasteiger partial charge in [-0.3, -0.25) is 0 Å². The summed E-state index contributed by atoms with van der Waals surface area (Å²) >= 11 is 0. The summed E-state index contributed by atoms with van der Waals surface area (Å²) in [6.45, 7) is 5.59. The first-order valence-electron chi connectivity index (χ1n) is 6.99. The summed E-state index contributed by atoms with van der Waals surface area (Å²) in [6.07, 6.45) is 2.31. The maximum atomic E-state index is 12.2. The van der Waals surface area contributed by atoms with E-state index in [4.69, 9.17) is 10.3 Å². The van der Waals surface area contributed by atoms with E-state index in [1.165, 1.54) is 0 Å². The van der Waals surface area contributed by atoms with E-state index in [1.807, 2.05) is 20.8 Å². The first-order valence-corrected chi connectivity index (χ1v) is 6.99. The van der Waals surface area contributed by atoms with E-state index in [0.717, 1.165) is 12.8 Å². The summed E-state index contributed by atoms with van der Waals surface area (Å²) in [6, 6.07) is -0.0509. The monoisotopic (exact) mass is 282 g/mol. The Hall–Kier alpha value is -1.46. The second-order valence-electron chi connectivity index (χ2n) is 6.79. The fourth-order valence-electron chi connectivity index (χ4n) is 3.23. The van der Waals surface area contributed by atoms with Crippen molar-refractivity contribution >= 4 is 6.09 Å². The highest BCUT2D eigenvalue weighted by atomic mass is 16.6. The number of amides is 1. The van der Waals surface area contributed by atoms with E-state index in [2.05, 4.69) is 10.0 Å². The van der Waals surface area contributed by atoms with Crippen molar-refractivity contribution in [3.8, 4) is 0 Å². The number of nitrogens with zero attached hydrogens (tertiary/aromatic N) is 4. The van der Waals surface area contributed by atoms with E-state index in [-0.39, 0.29) is 24.7 Å². The average molecular weight is 282 g/mol. The molecule has 0 aromatic heterocycles. The van der Waals surface area contributed by atoms with Crippen LogP contribution in [0.5, 0.6) is 0 Å². The number of ether oxygens (including phenoxy) is 1. The predicted octanol–water partition coefficient (Wildman–Crippen LogP) is 2.59. The number of carbonyl (C=O) groups is 1. The van der Waals surface area contributed by atoms with E-state index in [9.17, 15) is 9.90 Å². The van der Waals surface area contributed by atoms with Crippen molar-refractivity contribution in [2.75, 3.05) is 6.54 Å². The molecule has 1 amide bonds. The van der Waals surface area contributed by atoms with Crippen molar-refractivity contribution in [2.24, 2.45) is 5.11 Å². The Morgan fingerprint density at radius 3 is 2.45 bits per heavy atom. The summed E-state index contributed by atoms with van der Waals surface area (Å²) in [5.74, 6) is 0. The first kappa shape index (κ1) is 14.9. The van der Waals surface area contributed by atoms with Gasteiger partial charge in [0.15, 0.2) is 0 Å². The van der Waals surface area contributed by atoms with Gasteiger partial charge in [0.05, 0.1) is 12.1 Å².